The second-order valence-electron chi connectivity index (χ2n) is 3.55. The van der Waals surface area contributed by atoms with E-state index < -0.39 is 0 Å². The Kier molecular flexibility index (Phi) is 3.66. The van der Waals surface area contributed by atoms with Gasteiger partial charge in [0.1, 0.15) is 0 Å². The van der Waals surface area contributed by atoms with Crippen molar-refractivity contribution in [1.82, 2.24) is 0 Å². The molecule has 0 spiro atoms. The van der Waals surface area contributed by atoms with Crippen LogP contribution in [-0.4, -0.2) is 0 Å². The zero-order chi connectivity index (χ0) is 11.4. The van der Waals surface area contributed by atoms with Crippen molar-refractivity contribution in [2.75, 3.05) is 11.1 Å². The van der Waals surface area contributed by atoms with E-state index in [1.54, 1.807) is 0 Å². The monoisotopic (exact) mass is 324 g/mol. The number of nitrogens with two attached hydrogens (primary N) is 1. The molecule has 0 atom stereocenters. The van der Waals surface area contributed by atoms with Crippen molar-refractivity contribution in [2.24, 2.45) is 0 Å². The predicted octanol–water partition coefficient (Wildman–Crippen LogP) is 3.95. The quantitative estimate of drug-likeness (QED) is 0.510. The lowest BCUT2D eigenvalue weighted by Gasteiger charge is -2.10. The van der Waals surface area contributed by atoms with Gasteiger partial charge in [0, 0.05) is 10.1 Å². The normalized spacial score (nSPS) is 10.1. The third-order valence-electron chi connectivity index (χ3n) is 2.32. The Labute approximate surface area is 109 Å². The Balaban J connectivity index is 2.27. The number of nitrogens with one attached hydrogen (secondary N) is 1. The van der Waals surface area contributed by atoms with Crippen LogP contribution in [0.2, 0.25) is 0 Å². The van der Waals surface area contributed by atoms with Crippen molar-refractivity contribution in [3.05, 3.63) is 54.1 Å². The van der Waals surface area contributed by atoms with E-state index in [0.717, 1.165) is 21.5 Å². The molecule has 0 aliphatic rings. The first-order valence-corrected chi connectivity index (χ1v) is 6.58. The smallest absolute Gasteiger partial charge is 0.0620 e. The van der Waals surface area contributed by atoms with E-state index in [4.69, 9.17) is 5.73 Å². The summed E-state index contributed by atoms with van der Waals surface area (Å²) in [7, 11) is 0. The van der Waals surface area contributed by atoms with Gasteiger partial charge in [-0.15, -0.1) is 0 Å². The first-order chi connectivity index (χ1) is 7.79. The average Bonchev–Trinajstić information content (AvgIpc) is 2.33. The van der Waals surface area contributed by atoms with Crippen molar-refractivity contribution < 1.29 is 0 Å². The second-order valence-corrected chi connectivity index (χ2v) is 4.31. The van der Waals surface area contributed by atoms with Crippen molar-refractivity contribution in [3.63, 3.8) is 0 Å². The van der Waals surface area contributed by atoms with Gasteiger partial charge in [-0.1, -0.05) is 46.9 Å². The van der Waals surface area contributed by atoms with E-state index in [0.29, 0.717) is 0 Å². The molecular weight excluding hydrogens is 311 g/mol. The Morgan fingerprint density at radius 2 is 1.81 bits per heavy atom. The molecule has 0 saturated carbocycles. The molecule has 3 N–H and O–H groups in total. The molecule has 2 nitrogen and oxygen atoms in total. The number of halogens is 1. The highest BCUT2D eigenvalue weighted by atomic mass is 127. The second kappa shape index (κ2) is 5.21. The molecule has 0 aromatic heterocycles. The number of alkyl halides is 1. The molecular formula is C13H13IN2. The maximum Gasteiger partial charge on any atom is 0.0620 e. The fraction of sp³-hybridized carbons (Fsp3) is 0.0769. The molecule has 2 rings (SSSR count). The number of benzene rings is 2. The Bertz CT molecular complexity index is 469. The molecule has 0 radical (unpaired) electrons. The zero-order valence-corrected chi connectivity index (χ0v) is 10.9. The Hall–Kier alpha value is -1.23. The molecule has 0 amide bonds. The fourth-order valence-electron chi connectivity index (χ4n) is 1.47. The first kappa shape index (κ1) is 11.3. The van der Waals surface area contributed by atoms with E-state index >= 15 is 0 Å². The summed E-state index contributed by atoms with van der Waals surface area (Å²) in [6.07, 6.45) is 0. The number of hydrogen-bond donors (Lipinski definition) is 2. The van der Waals surface area contributed by atoms with Crippen LogP contribution in [0, 0.1) is 0 Å². The van der Waals surface area contributed by atoms with Gasteiger partial charge in [0.2, 0.25) is 0 Å². The third kappa shape index (κ3) is 2.66. The Morgan fingerprint density at radius 3 is 2.50 bits per heavy atom. The summed E-state index contributed by atoms with van der Waals surface area (Å²) in [5, 5.41) is 3.32. The molecule has 2 aromatic carbocycles. The summed E-state index contributed by atoms with van der Waals surface area (Å²) < 4.78 is 0.988. The highest BCUT2D eigenvalue weighted by molar-refractivity contribution is 14.1. The average molecular weight is 324 g/mol. The molecule has 0 heterocycles. The van der Waals surface area contributed by atoms with E-state index in [2.05, 4.69) is 40.0 Å². The predicted molar refractivity (Wildman–Crippen MR) is 78.3 cm³/mol. The van der Waals surface area contributed by atoms with Crippen LogP contribution < -0.4 is 11.1 Å². The summed E-state index contributed by atoms with van der Waals surface area (Å²) in [5.41, 5.74) is 10.0. The SMILES string of the molecule is Nc1ccc(CI)cc1Nc1ccccc1. The van der Waals surface area contributed by atoms with Crippen LogP contribution in [0.1, 0.15) is 5.56 Å². The van der Waals surface area contributed by atoms with Crippen LogP contribution in [0.15, 0.2) is 48.5 Å². The zero-order valence-electron chi connectivity index (χ0n) is 8.78. The molecule has 0 saturated heterocycles. The maximum atomic E-state index is 5.93. The van der Waals surface area contributed by atoms with Gasteiger partial charge in [0.25, 0.3) is 0 Å². The molecule has 0 bridgehead atoms. The highest BCUT2D eigenvalue weighted by Crippen LogP contribution is 2.25. The van der Waals surface area contributed by atoms with Crippen molar-refractivity contribution >= 4 is 39.7 Å². The van der Waals surface area contributed by atoms with E-state index in [1.807, 2.05) is 36.4 Å². The lowest BCUT2D eigenvalue weighted by molar-refractivity contribution is 1.44. The summed E-state index contributed by atoms with van der Waals surface area (Å²) in [5.74, 6) is 0. The lowest BCUT2D eigenvalue weighted by atomic mass is 10.2. The minimum absolute atomic E-state index is 0.775. The molecule has 0 fully saturated rings. The third-order valence-corrected chi connectivity index (χ3v) is 3.21. The van der Waals surface area contributed by atoms with Gasteiger partial charge in [-0.2, -0.15) is 0 Å². The van der Waals surface area contributed by atoms with Crippen molar-refractivity contribution in [1.29, 1.82) is 0 Å². The number of nitrogen functional groups attached to an aromatic ring is 1. The minimum atomic E-state index is 0.775. The first-order valence-electron chi connectivity index (χ1n) is 5.06. The summed E-state index contributed by atoms with van der Waals surface area (Å²) >= 11 is 2.34. The van der Waals surface area contributed by atoms with Crippen LogP contribution in [0.3, 0.4) is 0 Å². The number of rotatable bonds is 3. The largest absolute Gasteiger partial charge is 0.397 e. The summed E-state index contributed by atoms with van der Waals surface area (Å²) in [4.78, 5) is 0. The van der Waals surface area contributed by atoms with Crippen LogP contribution in [0.4, 0.5) is 17.1 Å². The van der Waals surface area contributed by atoms with E-state index in [1.165, 1.54) is 5.56 Å². The lowest BCUT2D eigenvalue weighted by Crippen LogP contribution is -1.96. The van der Waals surface area contributed by atoms with Crippen LogP contribution in [-0.2, 0) is 4.43 Å². The van der Waals surface area contributed by atoms with Gasteiger partial charge in [-0.3, -0.25) is 0 Å². The van der Waals surface area contributed by atoms with Gasteiger partial charge in [0.15, 0.2) is 0 Å². The number of hydrogen-bond acceptors (Lipinski definition) is 2. The molecule has 2 aromatic rings. The van der Waals surface area contributed by atoms with Gasteiger partial charge >= 0.3 is 0 Å². The summed E-state index contributed by atoms with van der Waals surface area (Å²) in [6, 6.07) is 16.1. The molecule has 0 unspecified atom stereocenters. The van der Waals surface area contributed by atoms with E-state index in [9.17, 15) is 0 Å². The molecule has 3 heteroatoms. The number of para-hydroxylation sites is 1. The van der Waals surface area contributed by atoms with Gasteiger partial charge in [-0.25, -0.2) is 0 Å². The molecule has 0 aliphatic heterocycles. The van der Waals surface area contributed by atoms with Crippen LogP contribution in [0.5, 0.6) is 0 Å². The van der Waals surface area contributed by atoms with Gasteiger partial charge in [0.05, 0.1) is 11.4 Å². The van der Waals surface area contributed by atoms with Crippen LogP contribution >= 0.6 is 22.6 Å². The highest BCUT2D eigenvalue weighted by Gasteiger charge is 2.00. The topological polar surface area (TPSA) is 38.0 Å². The minimum Gasteiger partial charge on any atom is -0.397 e. The number of anilines is 3. The molecule has 82 valence electrons. The van der Waals surface area contributed by atoms with Gasteiger partial charge in [-0.05, 0) is 29.8 Å². The van der Waals surface area contributed by atoms with Gasteiger partial charge < -0.3 is 11.1 Å². The van der Waals surface area contributed by atoms with Crippen molar-refractivity contribution in [2.45, 2.75) is 4.43 Å². The fourth-order valence-corrected chi connectivity index (χ4v) is 1.95. The molecule has 16 heavy (non-hydrogen) atoms. The van der Waals surface area contributed by atoms with Crippen LogP contribution in [0.25, 0.3) is 0 Å². The standard InChI is InChI=1S/C13H13IN2/c14-9-10-6-7-12(15)13(8-10)16-11-4-2-1-3-5-11/h1-8,16H,9,15H2. The summed E-state index contributed by atoms with van der Waals surface area (Å²) in [6.45, 7) is 0. The van der Waals surface area contributed by atoms with E-state index in [-0.39, 0.29) is 0 Å². The van der Waals surface area contributed by atoms with Crippen molar-refractivity contribution in [3.8, 4) is 0 Å². The maximum absolute atomic E-state index is 5.93. The Morgan fingerprint density at radius 1 is 1.06 bits per heavy atom. The molecule has 0 aliphatic carbocycles.